The molecule has 0 aliphatic carbocycles. The SMILES string of the molecule is CNC(=O)CN(CCc1cccc(OCc2c(C)noc2C)c1)Cc1ccco1. The van der Waals surface area contributed by atoms with Gasteiger partial charge >= 0.3 is 0 Å². The number of carbonyl (C=O) groups is 1. The van der Waals surface area contributed by atoms with Crippen molar-refractivity contribution in [1.29, 1.82) is 0 Å². The summed E-state index contributed by atoms with van der Waals surface area (Å²) in [6, 6.07) is 11.8. The Morgan fingerprint density at radius 1 is 1.24 bits per heavy atom. The Kier molecular flexibility index (Phi) is 7.08. The topological polar surface area (TPSA) is 80.7 Å². The predicted octanol–water partition coefficient (Wildman–Crippen LogP) is 3.25. The van der Waals surface area contributed by atoms with Crippen molar-refractivity contribution in [2.45, 2.75) is 33.4 Å². The quantitative estimate of drug-likeness (QED) is 0.566. The maximum atomic E-state index is 11.9. The Labute approximate surface area is 170 Å². The highest BCUT2D eigenvalue weighted by Gasteiger charge is 2.13. The molecule has 0 spiro atoms. The monoisotopic (exact) mass is 397 g/mol. The minimum atomic E-state index is -0.0203. The maximum Gasteiger partial charge on any atom is 0.233 e. The molecule has 3 rings (SSSR count). The number of nitrogens with zero attached hydrogens (tertiary/aromatic N) is 2. The number of carbonyl (C=O) groups excluding carboxylic acids is 1. The summed E-state index contributed by atoms with van der Waals surface area (Å²) >= 11 is 0. The van der Waals surface area contributed by atoms with E-state index in [1.807, 2.05) is 44.2 Å². The zero-order valence-electron chi connectivity index (χ0n) is 17.1. The molecule has 0 bridgehead atoms. The lowest BCUT2D eigenvalue weighted by Crippen LogP contribution is -2.36. The largest absolute Gasteiger partial charge is 0.489 e. The van der Waals surface area contributed by atoms with Gasteiger partial charge in [0.05, 0.1) is 30.6 Å². The summed E-state index contributed by atoms with van der Waals surface area (Å²) in [5.74, 6) is 2.39. The number of rotatable bonds is 10. The number of furan rings is 1. The van der Waals surface area contributed by atoms with E-state index in [0.29, 0.717) is 19.7 Å². The van der Waals surface area contributed by atoms with Gasteiger partial charge in [-0.05, 0) is 50.1 Å². The van der Waals surface area contributed by atoms with Gasteiger partial charge in [-0.15, -0.1) is 0 Å². The summed E-state index contributed by atoms with van der Waals surface area (Å²) in [5, 5.41) is 6.63. The molecule has 7 heteroatoms. The van der Waals surface area contributed by atoms with Gasteiger partial charge in [-0.2, -0.15) is 0 Å². The fourth-order valence-electron chi connectivity index (χ4n) is 3.06. The van der Waals surface area contributed by atoms with E-state index in [-0.39, 0.29) is 5.91 Å². The van der Waals surface area contributed by atoms with Crippen LogP contribution >= 0.6 is 0 Å². The molecule has 154 valence electrons. The van der Waals surface area contributed by atoms with Crippen LogP contribution in [0.25, 0.3) is 0 Å². The Bertz CT molecular complexity index is 899. The van der Waals surface area contributed by atoms with E-state index >= 15 is 0 Å². The average Bonchev–Trinajstić information content (AvgIpc) is 3.34. The van der Waals surface area contributed by atoms with Crippen LogP contribution in [0.2, 0.25) is 0 Å². The van der Waals surface area contributed by atoms with Gasteiger partial charge in [-0.1, -0.05) is 17.3 Å². The highest BCUT2D eigenvalue weighted by molar-refractivity contribution is 5.77. The molecule has 2 aromatic heterocycles. The number of amides is 1. The lowest BCUT2D eigenvalue weighted by Gasteiger charge is -2.20. The molecule has 29 heavy (non-hydrogen) atoms. The number of hydrogen-bond donors (Lipinski definition) is 1. The molecule has 1 aromatic carbocycles. The van der Waals surface area contributed by atoms with E-state index in [1.165, 1.54) is 0 Å². The van der Waals surface area contributed by atoms with Crippen LogP contribution in [0.3, 0.4) is 0 Å². The minimum Gasteiger partial charge on any atom is -0.489 e. The normalized spacial score (nSPS) is 11.0. The first kappa shape index (κ1) is 20.7. The van der Waals surface area contributed by atoms with Crippen LogP contribution in [0.15, 0.2) is 51.6 Å². The Balaban J connectivity index is 1.59. The molecule has 0 unspecified atom stereocenters. The summed E-state index contributed by atoms with van der Waals surface area (Å²) in [5.41, 5.74) is 2.97. The number of likely N-dealkylation sites (N-methyl/N-ethyl adjacent to an activating group) is 1. The molecule has 0 saturated heterocycles. The highest BCUT2D eigenvalue weighted by atomic mass is 16.5. The van der Waals surface area contributed by atoms with Gasteiger partial charge in [0.1, 0.15) is 23.9 Å². The lowest BCUT2D eigenvalue weighted by molar-refractivity contribution is -0.121. The van der Waals surface area contributed by atoms with E-state index in [9.17, 15) is 4.79 Å². The van der Waals surface area contributed by atoms with E-state index < -0.39 is 0 Å². The van der Waals surface area contributed by atoms with Crippen molar-refractivity contribution in [3.63, 3.8) is 0 Å². The molecule has 1 N–H and O–H groups in total. The fraction of sp³-hybridized carbons (Fsp3) is 0.364. The summed E-state index contributed by atoms with van der Waals surface area (Å²) in [7, 11) is 1.65. The van der Waals surface area contributed by atoms with Crippen LogP contribution in [0.5, 0.6) is 5.75 Å². The van der Waals surface area contributed by atoms with Crippen molar-refractivity contribution in [3.05, 3.63) is 71.0 Å². The third-order valence-electron chi connectivity index (χ3n) is 4.79. The van der Waals surface area contributed by atoms with Crippen LogP contribution in [0.4, 0.5) is 0 Å². The standard InChI is InChI=1S/C22H27N3O4/c1-16-21(17(2)29-24-16)15-28-19-7-4-6-18(12-19)9-10-25(14-22(26)23-3)13-20-8-5-11-27-20/h4-8,11-12H,9-10,13-15H2,1-3H3,(H,23,26). The zero-order valence-corrected chi connectivity index (χ0v) is 17.1. The number of ether oxygens (including phenoxy) is 1. The zero-order chi connectivity index (χ0) is 20.6. The third-order valence-corrected chi connectivity index (χ3v) is 4.79. The van der Waals surface area contributed by atoms with Crippen molar-refractivity contribution in [2.75, 3.05) is 20.1 Å². The van der Waals surface area contributed by atoms with E-state index in [0.717, 1.165) is 47.1 Å². The van der Waals surface area contributed by atoms with Crippen molar-refractivity contribution in [1.82, 2.24) is 15.4 Å². The van der Waals surface area contributed by atoms with Gasteiger partial charge in [0.25, 0.3) is 0 Å². The summed E-state index contributed by atoms with van der Waals surface area (Å²) < 4.78 is 16.5. The molecule has 0 aliphatic heterocycles. The van der Waals surface area contributed by atoms with E-state index in [2.05, 4.69) is 21.4 Å². The fourth-order valence-corrected chi connectivity index (χ4v) is 3.06. The number of hydrogen-bond acceptors (Lipinski definition) is 6. The van der Waals surface area contributed by atoms with E-state index in [1.54, 1.807) is 13.3 Å². The van der Waals surface area contributed by atoms with Gasteiger partial charge in [-0.3, -0.25) is 9.69 Å². The van der Waals surface area contributed by atoms with Crippen LogP contribution in [-0.2, 0) is 24.4 Å². The first-order valence-electron chi connectivity index (χ1n) is 9.64. The molecule has 0 aliphatic rings. The van der Waals surface area contributed by atoms with Gasteiger partial charge < -0.3 is 19.0 Å². The first-order valence-corrected chi connectivity index (χ1v) is 9.64. The van der Waals surface area contributed by atoms with Gasteiger partial charge in [0, 0.05) is 13.6 Å². The molecule has 7 nitrogen and oxygen atoms in total. The number of benzene rings is 1. The maximum absolute atomic E-state index is 11.9. The highest BCUT2D eigenvalue weighted by Crippen LogP contribution is 2.19. The molecule has 2 heterocycles. The molecule has 0 atom stereocenters. The molecule has 0 fully saturated rings. The summed E-state index contributed by atoms with van der Waals surface area (Å²) in [4.78, 5) is 13.9. The van der Waals surface area contributed by atoms with Crippen LogP contribution in [-0.4, -0.2) is 36.1 Å². The average molecular weight is 397 g/mol. The van der Waals surface area contributed by atoms with Crippen LogP contribution < -0.4 is 10.1 Å². The summed E-state index contributed by atoms with van der Waals surface area (Å²) in [6.45, 7) is 5.84. The minimum absolute atomic E-state index is 0.0203. The van der Waals surface area contributed by atoms with Crippen LogP contribution in [0, 0.1) is 13.8 Å². The third kappa shape index (κ3) is 5.96. The number of aromatic nitrogens is 1. The van der Waals surface area contributed by atoms with Crippen molar-refractivity contribution in [3.8, 4) is 5.75 Å². The van der Waals surface area contributed by atoms with Crippen molar-refractivity contribution < 1.29 is 18.5 Å². The smallest absolute Gasteiger partial charge is 0.233 e. The molecule has 0 saturated carbocycles. The molecule has 0 radical (unpaired) electrons. The lowest BCUT2D eigenvalue weighted by atomic mass is 10.1. The molecular weight excluding hydrogens is 370 g/mol. The molecule has 3 aromatic rings. The number of nitrogens with one attached hydrogen (secondary N) is 1. The Hall–Kier alpha value is -3.06. The van der Waals surface area contributed by atoms with Gasteiger partial charge in [0.15, 0.2) is 0 Å². The van der Waals surface area contributed by atoms with Crippen molar-refractivity contribution >= 4 is 5.91 Å². The van der Waals surface area contributed by atoms with Crippen molar-refractivity contribution in [2.24, 2.45) is 0 Å². The van der Waals surface area contributed by atoms with E-state index in [4.69, 9.17) is 13.7 Å². The second kappa shape index (κ2) is 9.93. The molecular formula is C22H27N3O4. The Morgan fingerprint density at radius 3 is 2.79 bits per heavy atom. The number of aryl methyl sites for hydroxylation is 2. The van der Waals surface area contributed by atoms with Gasteiger partial charge in [0.2, 0.25) is 5.91 Å². The van der Waals surface area contributed by atoms with Crippen LogP contribution in [0.1, 0.15) is 28.3 Å². The second-order valence-corrected chi connectivity index (χ2v) is 6.95. The Morgan fingerprint density at radius 2 is 2.10 bits per heavy atom. The predicted molar refractivity (Wildman–Crippen MR) is 109 cm³/mol. The first-order chi connectivity index (χ1) is 14.0. The second-order valence-electron chi connectivity index (χ2n) is 6.95. The van der Waals surface area contributed by atoms with Gasteiger partial charge in [-0.25, -0.2) is 0 Å². The summed E-state index contributed by atoms with van der Waals surface area (Å²) in [6.07, 6.45) is 2.44. The molecule has 1 amide bonds.